The Morgan fingerprint density at radius 3 is 2.69 bits per heavy atom. The highest BCUT2D eigenvalue weighted by Gasteiger charge is 1.88. The second-order valence-electron chi connectivity index (χ2n) is 2.55. The van der Waals surface area contributed by atoms with Gasteiger partial charge in [0, 0.05) is 6.21 Å². The number of rotatable bonds is 2. The molecule has 0 heterocycles. The van der Waals surface area contributed by atoms with Gasteiger partial charge in [-0.05, 0) is 12.5 Å². The van der Waals surface area contributed by atoms with Crippen molar-refractivity contribution in [2.45, 2.75) is 13.5 Å². The first-order valence-electron chi connectivity index (χ1n) is 4.15. The maximum absolute atomic E-state index is 5.48. The number of aliphatic imine (C=N–C) groups is 2. The van der Waals surface area contributed by atoms with Crippen molar-refractivity contribution in [1.29, 1.82) is 0 Å². The molecule has 0 radical (unpaired) electrons. The van der Waals surface area contributed by atoms with Crippen LogP contribution in [0.5, 0.6) is 0 Å². The number of benzene rings is 1. The first-order valence-corrected chi connectivity index (χ1v) is 4.15. The van der Waals surface area contributed by atoms with Crippen LogP contribution < -0.4 is 5.73 Å². The summed E-state index contributed by atoms with van der Waals surface area (Å²) >= 11 is 0. The molecule has 2 N–H and O–H groups in total. The average Bonchev–Trinajstić information content (AvgIpc) is 2.17. The zero-order valence-corrected chi connectivity index (χ0v) is 7.64. The summed E-state index contributed by atoms with van der Waals surface area (Å²) < 4.78 is 0. The summed E-state index contributed by atoms with van der Waals surface area (Å²) in [6.45, 7) is 2.40. The van der Waals surface area contributed by atoms with E-state index in [0.29, 0.717) is 12.5 Å². The van der Waals surface area contributed by atoms with Crippen LogP contribution in [-0.4, -0.2) is 12.2 Å². The third kappa shape index (κ3) is 3.51. The van der Waals surface area contributed by atoms with E-state index in [1.54, 1.807) is 6.21 Å². The number of nitrogens with zero attached hydrogens (tertiary/aromatic N) is 2. The van der Waals surface area contributed by atoms with Crippen molar-refractivity contribution in [2.24, 2.45) is 15.7 Å². The maximum Gasteiger partial charge on any atom is 0.215 e. The molecule has 3 heteroatoms. The molecular weight excluding hydrogens is 162 g/mol. The molecule has 0 aliphatic carbocycles. The summed E-state index contributed by atoms with van der Waals surface area (Å²) in [6.07, 6.45) is 1.63. The Bertz CT molecular complexity index is 301. The van der Waals surface area contributed by atoms with Crippen LogP contribution in [0.15, 0.2) is 40.3 Å². The molecule has 3 nitrogen and oxygen atoms in total. The molecule has 0 aliphatic heterocycles. The van der Waals surface area contributed by atoms with Crippen LogP contribution in [0.4, 0.5) is 0 Å². The minimum Gasteiger partial charge on any atom is -0.368 e. The largest absolute Gasteiger partial charge is 0.368 e. The van der Waals surface area contributed by atoms with E-state index in [0.717, 1.165) is 5.56 Å². The number of hydrogen-bond donors (Lipinski definition) is 1. The Balaban J connectivity index is 2.56. The third-order valence-corrected chi connectivity index (χ3v) is 1.53. The molecule has 0 amide bonds. The normalized spacial score (nSPS) is 12.2. The Hall–Kier alpha value is -1.64. The van der Waals surface area contributed by atoms with Crippen molar-refractivity contribution in [3.63, 3.8) is 0 Å². The summed E-state index contributed by atoms with van der Waals surface area (Å²) in [7, 11) is 0. The lowest BCUT2D eigenvalue weighted by Crippen LogP contribution is -2.08. The SMILES string of the molecule is CC=NC(N)=NCc1ccccc1. The van der Waals surface area contributed by atoms with Gasteiger partial charge in [-0.25, -0.2) is 9.98 Å². The predicted molar refractivity (Wildman–Crippen MR) is 55.9 cm³/mol. The zero-order valence-electron chi connectivity index (χ0n) is 7.64. The molecule has 0 spiro atoms. The Kier molecular flexibility index (Phi) is 3.70. The van der Waals surface area contributed by atoms with Crippen LogP contribution in [0, 0.1) is 0 Å². The molecule has 68 valence electrons. The molecule has 1 aromatic carbocycles. The quantitative estimate of drug-likeness (QED) is 0.538. The van der Waals surface area contributed by atoms with Crippen molar-refractivity contribution in [3.8, 4) is 0 Å². The fourth-order valence-corrected chi connectivity index (χ4v) is 0.929. The Morgan fingerprint density at radius 2 is 2.08 bits per heavy atom. The first kappa shape index (κ1) is 9.45. The van der Waals surface area contributed by atoms with Crippen LogP contribution in [0.3, 0.4) is 0 Å². The number of guanidine groups is 1. The van der Waals surface area contributed by atoms with Gasteiger partial charge in [-0.1, -0.05) is 30.3 Å². The van der Waals surface area contributed by atoms with E-state index in [1.807, 2.05) is 37.3 Å². The Labute approximate surface area is 78.0 Å². The molecule has 0 unspecified atom stereocenters. The second kappa shape index (κ2) is 5.09. The zero-order chi connectivity index (χ0) is 9.52. The minimum atomic E-state index is 0.325. The molecule has 13 heavy (non-hydrogen) atoms. The molecule has 0 saturated carbocycles. The van der Waals surface area contributed by atoms with Crippen molar-refractivity contribution in [2.75, 3.05) is 0 Å². The average molecular weight is 175 g/mol. The smallest absolute Gasteiger partial charge is 0.215 e. The van der Waals surface area contributed by atoms with E-state index in [2.05, 4.69) is 9.98 Å². The van der Waals surface area contributed by atoms with Gasteiger partial charge in [0.1, 0.15) is 0 Å². The molecule has 0 saturated heterocycles. The molecule has 0 fully saturated rings. The molecule has 1 rings (SSSR count). The van der Waals surface area contributed by atoms with Gasteiger partial charge in [0.2, 0.25) is 5.96 Å². The van der Waals surface area contributed by atoms with Gasteiger partial charge in [-0.3, -0.25) is 0 Å². The van der Waals surface area contributed by atoms with E-state index in [-0.39, 0.29) is 0 Å². The molecule has 0 aromatic heterocycles. The first-order chi connectivity index (χ1) is 6.33. The van der Waals surface area contributed by atoms with E-state index in [9.17, 15) is 0 Å². The standard InChI is InChI=1S/C10H13N3/c1-2-12-10(11)13-8-9-6-4-3-5-7-9/h2-7H,8H2,1H3,(H2,11,13). The minimum absolute atomic E-state index is 0.325. The van der Waals surface area contributed by atoms with Crippen LogP contribution >= 0.6 is 0 Å². The number of nitrogens with two attached hydrogens (primary N) is 1. The number of hydrogen-bond acceptors (Lipinski definition) is 1. The molecule has 1 aromatic rings. The van der Waals surface area contributed by atoms with Gasteiger partial charge in [0.25, 0.3) is 0 Å². The lowest BCUT2D eigenvalue weighted by atomic mass is 10.2. The summed E-state index contributed by atoms with van der Waals surface area (Å²) in [4.78, 5) is 7.92. The summed E-state index contributed by atoms with van der Waals surface area (Å²) in [5.74, 6) is 0.325. The van der Waals surface area contributed by atoms with Crippen molar-refractivity contribution in [3.05, 3.63) is 35.9 Å². The van der Waals surface area contributed by atoms with Gasteiger partial charge in [-0.15, -0.1) is 0 Å². The highest BCUT2D eigenvalue weighted by atomic mass is 15.0. The van der Waals surface area contributed by atoms with E-state index in [1.165, 1.54) is 0 Å². The monoisotopic (exact) mass is 175 g/mol. The second-order valence-corrected chi connectivity index (χ2v) is 2.55. The van der Waals surface area contributed by atoms with E-state index in [4.69, 9.17) is 5.73 Å². The lowest BCUT2D eigenvalue weighted by molar-refractivity contribution is 1.05. The summed E-state index contributed by atoms with van der Waals surface area (Å²) in [5, 5.41) is 0. The highest BCUT2D eigenvalue weighted by molar-refractivity contribution is 5.85. The Morgan fingerprint density at radius 1 is 1.38 bits per heavy atom. The van der Waals surface area contributed by atoms with Gasteiger partial charge >= 0.3 is 0 Å². The van der Waals surface area contributed by atoms with E-state index >= 15 is 0 Å². The molecule has 0 bridgehead atoms. The van der Waals surface area contributed by atoms with Gasteiger partial charge in [-0.2, -0.15) is 0 Å². The van der Waals surface area contributed by atoms with Gasteiger partial charge in [0.15, 0.2) is 0 Å². The topological polar surface area (TPSA) is 50.7 Å². The van der Waals surface area contributed by atoms with Gasteiger partial charge in [0.05, 0.1) is 6.54 Å². The molecular formula is C10H13N3. The van der Waals surface area contributed by atoms with Crippen LogP contribution in [0.1, 0.15) is 12.5 Å². The maximum atomic E-state index is 5.48. The predicted octanol–water partition coefficient (Wildman–Crippen LogP) is 1.59. The van der Waals surface area contributed by atoms with Crippen molar-refractivity contribution >= 4 is 12.2 Å². The third-order valence-electron chi connectivity index (χ3n) is 1.53. The molecule has 0 aliphatic rings. The summed E-state index contributed by atoms with van der Waals surface area (Å²) in [6, 6.07) is 9.94. The van der Waals surface area contributed by atoms with Gasteiger partial charge < -0.3 is 5.73 Å². The summed E-state index contributed by atoms with van der Waals surface area (Å²) in [5.41, 5.74) is 6.62. The van der Waals surface area contributed by atoms with Crippen LogP contribution in [0.2, 0.25) is 0 Å². The fraction of sp³-hybridized carbons (Fsp3) is 0.200. The van der Waals surface area contributed by atoms with Crippen LogP contribution in [0.25, 0.3) is 0 Å². The molecule has 0 atom stereocenters. The highest BCUT2D eigenvalue weighted by Crippen LogP contribution is 1.99. The lowest BCUT2D eigenvalue weighted by Gasteiger charge is -1.95. The fourth-order valence-electron chi connectivity index (χ4n) is 0.929. The van der Waals surface area contributed by atoms with Crippen molar-refractivity contribution in [1.82, 2.24) is 0 Å². The van der Waals surface area contributed by atoms with E-state index < -0.39 is 0 Å². The van der Waals surface area contributed by atoms with Crippen molar-refractivity contribution < 1.29 is 0 Å². The van der Waals surface area contributed by atoms with Crippen LogP contribution in [-0.2, 0) is 6.54 Å².